The van der Waals surface area contributed by atoms with Crippen LogP contribution in [0.5, 0.6) is 5.75 Å². The Balaban J connectivity index is 2.27. The lowest BCUT2D eigenvalue weighted by molar-refractivity contribution is -0.130. The Labute approximate surface area is 143 Å². The van der Waals surface area contributed by atoms with Crippen LogP contribution in [0.25, 0.3) is 11.6 Å². The normalized spacial score (nSPS) is 11.6. The van der Waals surface area contributed by atoms with Crippen LogP contribution in [0.1, 0.15) is 36.1 Å². The summed E-state index contributed by atoms with van der Waals surface area (Å²) >= 11 is 0. The molecular formula is C21H24O3. The van der Waals surface area contributed by atoms with Gasteiger partial charge < -0.3 is 9.84 Å². The highest BCUT2D eigenvalue weighted by atomic mass is 16.5. The first kappa shape index (κ1) is 17.8. The van der Waals surface area contributed by atoms with Crippen molar-refractivity contribution in [3.63, 3.8) is 0 Å². The summed E-state index contributed by atoms with van der Waals surface area (Å²) < 4.78 is 5.65. The number of rotatable bonds is 6. The minimum Gasteiger partial charge on any atom is -0.493 e. The van der Waals surface area contributed by atoms with E-state index < -0.39 is 5.97 Å². The molecule has 2 aromatic rings. The molecule has 0 atom stereocenters. The Morgan fingerprint density at radius 2 is 1.75 bits per heavy atom. The van der Waals surface area contributed by atoms with Crippen molar-refractivity contribution in [3.05, 3.63) is 64.7 Å². The molecule has 0 saturated heterocycles. The second-order valence-corrected chi connectivity index (χ2v) is 6.44. The van der Waals surface area contributed by atoms with Crippen LogP contribution in [0.3, 0.4) is 0 Å². The van der Waals surface area contributed by atoms with Crippen LogP contribution < -0.4 is 4.74 Å². The largest absolute Gasteiger partial charge is 0.493 e. The van der Waals surface area contributed by atoms with Crippen LogP contribution in [0, 0.1) is 19.8 Å². The molecule has 0 spiro atoms. The molecule has 3 heteroatoms. The average Bonchev–Trinajstić information content (AvgIpc) is 2.54. The van der Waals surface area contributed by atoms with Crippen molar-refractivity contribution < 1.29 is 14.6 Å². The number of aliphatic carboxylic acids is 1. The molecule has 0 heterocycles. The molecule has 0 bridgehead atoms. The zero-order chi connectivity index (χ0) is 17.7. The van der Waals surface area contributed by atoms with Gasteiger partial charge in [0.1, 0.15) is 5.75 Å². The molecule has 24 heavy (non-hydrogen) atoms. The van der Waals surface area contributed by atoms with Gasteiger partial charge in [-0.05, 0) is 60.2 Å². The van der Waals surface area contributed by atoms with Gasteiger partial charge in [0, 0.05) is 0 Å². The summed E-state index contributed by atoms with van der Waals surface area (Å²) in [6.45, 7) is 8.86. The van der Waals surface area contributed by atoms with Crippen molar-refractivity contribution in [2.45, 2.75) is 27.7 Å². The number of aryl methyl sites for hydroxylation is 2. The summed E-state index contributed by atoms with van der Waals surface area (Å²) in [6.07, 6.45) is 1.69. The van der Waals surface area contributed by atoms with Gasteiger partial charge in [-0.3, -0.25) is 0 Å². The highest BCUT2D eigenvalue weighted by Gasteiger charge is 2.11. The van der Waals surface area contributed by atoms with E-state index in [1.54, 1.807) is 6.08 Å². The smallest absolute Gasteiger partial charge is 0.336 e. The minimum atomic E-state index is -0.932. The van der Waals surface area contributed by atoms with E-state index in [9.17, 15) is 9.90 Å². The fraction of sp³-hybridized carbons (Fsp3) is 0.286. The maximum Gasteiger partial charge on any atom is 0.336 e. The average molecular weight is 324 g/mol. The van der Waals surface area contributed by atoms with E-state index in [4.69, 9.17) is 4.74 Å². The third-order valence-electron chi connectivity index (χ3n) is 3.82. The van der Waals surface area contributed by atoms with Gasteiger partial charge in [0.05, 0.1) is 12.2 Å². The summed E-state index contributed by atoms with van der Waals surface area (Å²) in [4.78, 5) is 11.7. The van der Waals surface area contributed by atoms with E-state index >= 15 is 0 Å². The van der Waals surface area contributed by atoms with Crippen molar-refractivity contribution in [3.8, 4) is 5.75 Å². The molecule has 0 aliphatic carbocycles. The topological polar surface area (TPSA) is 46.5 Å². The fourth-order valence-electron chi connectivity index (χ4n) is 2.27. The molecule has 3 nitrogen and oxygen atoms in total. The maximum atomic E-state index is 11.7. The summed E-state index contributed by atoms with van der Waals surface area (Å²) in [7, 11) is 0. The Hall–Kier alpha value is -2.55. The summed E-state index contributed by atoms with van der Waals surface area (Å²) in [5.41, 5.74) is 4.06. The van der Waals surface area contributed by atoms with Gasteiger partial charge in [0.2, 0.25) is 0 Å². The predicted octanol–water partition coefficient (Wildman–Crippen LogP) is 4.96. The van der Waals surface area contributed by atoms with Crippen LogP contribution in [-0.2, 0) is 4.79 Å². The van der Waals surface area contributed by atoms with Crippen molar-refractivity contribution in [1.82, 2.24) is 0 Å². The van der Waals surface area contributed by atoms with Crippen molar-refractivity contribution in [1.29, 1.82) is 0 Å². The molecule has 2 rings (SSSR count). The molecule has 2 aromatic carbocycles. The molecule has 0 amide bonds. The number of carbonyl (C=O) groups is 1. The summed E-state index contributed by atoms with van der Waals surface area (Å²) in [5, 5.41) is 9.56. The molecular weight excluding hydrogens is 300 g/mol. The molecule has 0 fully saturated rings. The van der Waals surface area contributed by atoms with Crippen molar-refractivity contribution in [2.24, 2.45) is 5.92 Å². The second-order valence-electron chi connectivity index (χ2n) is 6.44. The molecule has 0 saturated carbocycles. The van der Waals surface area contributed by atoms with Gasteiger partial charge in [-0.15, -0.1) is 0 Å². The van der Waals surface area contributed by atoms with Crippen LogP contribution in [0.4, 0.5) is 0 Å². The number of benzene rings is 2. The zero-order valence-electron chi connectivity index (χ0n) is 14.7. The van der Waals surface area contributed by atoms with Gasteiger partial charge in [0.15, 0.2) is 0 Å². The van der Waals surface area contributed by atoms with Gasteiger partial charge >= 0.3 is 5.97 Å². The van der Waals surface area contributed by atoms with Crippen LogP contribution in [0.15, 0.2) is 42.5 Å². The minimum absolute atomic E-state index is 0.286. The molecule has 0 aliphatic rings. The van der Waals surface area contributed by atoms with Gasteiger partial charge in [-0.2, -0.15) is 0 Å². The molecule has 1 N–H and O–H groups in total. The van der Waals surface area contributed by atoms with E-state index in [0.717, 1.165) is 22.4 Å². The Bertz CT molecular complexity index is 740. The number of carboxylic acids is 1. The Kier molecular flexibility index (Phi) is 5.80. The lowest BCUT2D eigenvalue weighted by atomic mass is 9.99. The number of carboxylic acid groups (broad SMARTS) is 1. The van der Waals surface area contributed by atoms with Gasteiger partial charge in [-0.25, -0.2) is 4.79 Å². The first-order valence-corrected chi connectivity index (χ1v) is 8.12. The summed E-state index contributed by atoms with van der Waals surface area (Å²) in [6, 6.07) is 13.2. The standard InChI is InChI=1S/C21H24O3/c1-14(2)13-24-19-9-6-17(7-10-19)12-20(21(22)23)18-8-5-15(3)16(4)11-18/h5-12,14H,13H2,1-4H3,(H,22,23)/b20-12-. The monoisotopic (exact) mass is 324 g/mol. The molecule has 126 valence electrons. The third kappa shape index (κ3) is 4.72. The zero-order valence-corrected chi connectivity index (χ0v) is 14.7. The first-order valence-electron chi connectivity index (χ1n) is 8.12. The van der Waals surface area contributed by atoms with Crippen LogP contribution in [0.2, 0.25) is 0 Å². The highest BCUT2D eigenvalue weighted by Crippen LogP contribution is 2.22. The first-order chi connectivity index (χ1) is 11.4. The van der Waals surface area contributed by atoms with Crippen molar-refractivity contribution in [2.75, 3.05) is 6.61 Å². The van der Waals surface area contributed by atoms with Gasteiger partial charge in [0.25, 0.3) is 0 Å². The molecule has 0 aliphatic heterocycles. The summed E-state index contributed by atoms with van der Waals surface area (Å²) in [5.74, 6) is 0.329. The predicted molar refractivity (Wildman–Crippen MR) is 98.2 cm³/mol. The lowest BCUT2D eigenvalue weighted by Crippen LogP contribution is -2.04. The van der Waals surface area contributed by atoms with Crippen molar-refractivity contribution >= 4 is 17.6 Å². The maximum absolute atomic E-state index is 11.7. The highest BCUT2D eigenvalue weighted by molar-refractivity contribution is 6.20. The van der Waals surface area contributed by atoms with E-state index in [1.807, 2.05) is 56.3 Å². The number of hydrogen-bond acceptors (Lipinski definition) is 2. The SMILES string of the molecule is Cc1ccc(/C(=C/c2ccc(OCC(C)C)cc2)C(=O)O)cc1C. The third-order valence-corrected chi connectivity index (χ3v) is 3.82. The molecule has 0 radical (unpaired) electrons. The molecule has 0 aromatic heterocycles. The lowest BCUT2D eigenvalue weighted by Gasteiger charge is -2.09. The van der Waals surface area contributed by atoms with Crippen LogP contribution in [-0.4, -0.2) is 17.7 Å². The second kappa shape index (κ2) is 7.82. The number of hydrogen-bond donors (Lipinski definition) is 1. The van der Waals surface area contributed by atoms with Gasteiger partial charge in [-0.1, -0.05) is 44.2 Å². The quantitative estimate of drug-likeness (QED) is 0.603. The molecule has 0 unspecified atom stereocenters. The van der Waals surface area contributed by atoms with Crippen LogP contribution >= 0.6 is 0 Å². The van der Waals surface area contributed by atoms with E-state index in [0.29, 0.717) is 18.1 Å². The fourth-order valence-corrected chi connectivity index (χ4v) is 2.27. The Morgan fingerprint density at radius 1 is 1.08 bits per heavy atom. The van der Waals surface area contributed by atoms with E-state index in [2.05, 4.69) is 13.8 Å². The number of ether oxygens (including phenoxy) is 1. The van der Waals surface area contributed by atoms with E-state index in [1.165, 1.54) is 0 Å². The van der Waals surface area contributed by atoms with E-state index in [-0.39, 0.29) is 5.57 Å². The Morgan fingerprint density at radius 3 is 2.29 bits per heavy atom.